The molecule has 0 aliphatic heterocycles. The monoisotopic (exact) mass is 309 g/mol. The first kappa shape index (κ1) is 11.4. The molecule has 78 valence electrons. The number of carbonyl (C=O) groups is 1. The van der Waals surface area contributed by atoms with Crippen molar-refractivity contribution < 1.29 is 9.90 Å². The molecule has 0 aliphatic rings. The van der Waals surface area contributed by atoms with Gasteiger partial charge in [-0.25, -0.2) is 4.79 Å². The number of carboxylic acid groups (broad SMARTS) is 1. The van der Waals surface area contributed by atoms with E-state index in [-0.39, 0.29) is 5.56 Å². The zero-order valence-electron chi connectivity index (χ0n) is 8.07. The Labute approximate surface area is 95.8 Å². The van der Waals surface area contributed by atoms with Crippen molar-refractivity contribution in [2.75, 3.05) is 20.6 Å². The molecule has 1 heterocycles. The third kappa shape index (κ3) is 2.68. The predicted octanol–water partition coefficient (Wildman–Crippen LogP) is 0.747. The number of carboxylic acids is 1. The van der Waals surface area contributed by atoms with Crippen LogP contribution in [0.5, 0.6) is 0 Å². The smallest absolute Gasteiger partial charge is 0.340 e. The van der Waals surface area contributed by atoms with Crippen molar-refractivity contribution in [1.29, 1.82) is 0 Å². The number of hydrogen-bond acceptors (Lipinski definition) is 3. The van der Waals surface area contributed by atoms with Crippen LogP contribution in [0.15, 0.2) is 6.20 Å². The van der Waals surface area contributed by atoms with Gasteiger partial charge in [0.1, 0.15) is 9.26 Å². The van der Waals surface area contributed by atoms with Gasteiger partial charge in [-0.05, 0) is 36.7 Å². The number of halogens is 1. The number of hydrogen-bond donors (Lipinski definition) is 1. The Morgan fingerprint density at radius 1 is 1.71 bits per heavy atom. The molecule has 0 aliphatic carbocycles. The lowest BCUT2D eigenvalue weighted by Gasteiger charge is -2.09. The molecule has 0 bridgehead atoms. The number of aromatic carboxylic acids is 1. The Balaban J connectivity index is 2.74. The molecule has 0 spiro atoms. The van der Waals surface area contributed by atoms with Gasteiger partial charge < -0.3 is 10.0 Å². The van der Waals surface area contributed by atoms with Crippen LogP contribution in [0.3, 0.4) is 0 Å². The van der Waals surface area contributed by atoms with E-state index in [0.29, 0.717) is 10.2 Å². The van der Waals surface area contributed by atoms with Gasteiger partial charge in [0.25, 0.3) is 0 Å². The van der Waals surface area contributed by atoms with Gasteiger partial charge in [-0.1, -0.05) is 0 Å². The molecule has 0 atom stereocenters. The van der Waals surface area contributed by atoms with Crippen LogP contribution in [0.4, 0.5) is 0 Å². The second-order valence-corrected chi connectivity index (χ2v) is 4.20. The fourth-order valence-corrected chi connectivity index (χ4v) is 1.70. The van der Waals surface area contributed by atoms with Crippen LogP contribution in [0.1, 0.15) is 10.4 Å². The summed E-state index contributed by atoms with van der Waals surface area (Å²) in [4.78, 5) is 12.7. The third-order valence-corrected chi connectivity index (χ3v) is 2.90. The van der Waals surface area contributed by atoms with E-state index in [4.69, 9.17) is 5.11 Å². The average Bonchev–Trinajstić information content (AvgIpc) is 2.43. The Bertz CT molecular complexity index is 335. The number of aromatic nitrogens is 2. The van der Waals surface area contributed by atoms with Gasteiger partial charge in [0.2, 0.25) is 0 Å². The fourth-order valence-electron chi connectivity index (χ4n) is 0.964. The van der Waals surface area contributed by atoms with Crippen LogP contribution >= 0.6 is 22.6 Å². The number of likely N-dealkylation sites (N-methyl/N-ethyl adjacent to an activating group) is 1. The second-order valence-electron chi connectivity index (χ2n) is 3.18. The van der Waals surface area contributed by atoms with Gasteiger partial charge >= 0.3 is 5.97 Å². The maximum absolute atomic E-state index is 10.7. The molecule has 5 nitrogen and oxygen atoms in total. The van der Waals surface area contributed by atoms with Crippen LogP contribution in [0, 0.1) is 3.70 Å². The van der Waals surface area contributed by atoms with Gasteiger partial charge in [0, 0.05) is 6.54 Å². The van der Waals surface area contributed by atoms with Crippen LogP contribution in [0.25, 0.3) is 0 Å². The molecule has 0 saturated heterocycles. The minimum absolute atomic E-state index is 0.268. The number of rotatable bonds is 4. The standard InChI is InChI=1S/C8H12IN3O2/c1-11(2)3-4-12-7(9)6(5-10-12)8(13)14/h5H,3-4H2,1-2H3,(H,13,14). The first-order valence-corrected chi connectivity index (χ1v) is 5.19. The van der Waals surface area contributed by atoms with E-state index in [0.717, 1.165) is 6.54 Å². The minimum Gasteiger partial charge on any atom is -0.478 e. The molecular formula is C8H12IN3O2. The molecular weight excluding hydrogens is 297 g/mol. The summed E-state index contributed by atoms with van der Waals surface area (Å²) in [6.45, 7) is 1.55. The second kappa shape index (κ2) is 4.74. The molecule has 1 rings (SSSR count). The molecule has 6 heteroatoms. The van der Waals surface area contributed by atoms with E-state index in [2.05, 4.69) is 5.10 Å². The van der Waals surface area contributed by atoms with Crippen molar-refractivity contribution in [2.24, 2.45) is 0 Å². The zero-order valence-corrected chi connectivity index (χ0v) is 10.2. The molecule has 0 amide bonds. The quantitative estimate of drug-likeness (QED) is 0.834. The van der Waals surface area contributed by atoms with Crippen molar-refractivity contribution in [3.8, 4) is 0 Å². The molecule has 14 heavy (non-hydrogen) atoms. The number of nitrogens with zero attached hydrogens (tertiary/aromatic N) is 3. The van der Waals surface area contributed by atoms with E-state index in [1.54, 1.807) is 4.68 Å². The molecule has 1 aromatic heterocycles. The predicted molar refractivity (Wildman–Crippen MR) is 60.5 cm³/mol. The zero-order chi connectivity index (χ0) is 10.7. The maximum Gasteiger partial charge on any atom is 0.340 e. The Kier molecular flexibility index (Phi) is 3.87. The molecule has 1 aromatic rings. The van der Waals surface area contributed by atoms with Crippen molar-refractivity contribution in [3.05, 3.63) is 15.5 Å². The molecule has 1 N–H and O–H groups in total. The SMILES string of the molecule is CN(C)CCn1ncc(C(=O)O)c1I. The average molecular weight is 309 g/mol. The first-order valence-electron chi connectivity index (χ1n) is 4.11. The van der Waals surface area contributed by atoms with Gasteiger partial charge in [-0.15, -0.1) is 0 Å². The van der Waals surface area contributed by atoms with E-state index in [1.165, 1.54) is 6.20 Å². The van der Waals surface area contributed by atoms with Crippen molar-refractivity contribution >= 4 is 28.6 Å². The van der Waals surface area contributed by atoms with Gasteiger partial charge in [-0.2, -0.15) is 5.10 Å². The van der Waals surface area contributed by atoms with Crippen molar-refractivity contribution in [1.82, 2.24) is 14.7 Å². The molecule has 0 fully saturated rings. The minimum atomic E-state index is -0.925. The summed E-state index contributed by atoms with van der Waals surface area (Å²) in [5.41, 5.74) is 0.268. The fraction of sp³-hybridized carbons (Fsp3) is 0.500. The van der Waals surface area contributed by atoms with Gasteiger partial charge in [0.15, 0.2) is 0 Å². The third-order valence-electron chi connectivity index (χ3n) is 1.76. The highest BCUT2D eigenvalue weighted by Crippen LogP contribution is 2.11. The molecule has 0 unspecified atom stereocenters. The van der Waals surface area contributed by atoms with E-state index < -0.39 is 5.97 Å². The van der Waals surface area contributed by atoms with Crippen LogP contribution in [-0.2, 0) is 6.54 Å². The molecule has 0 radical (unpaired) electrons. The largest absolute Gasteiger partial charge is 0.478 e. The highest BCUT2D eigenvalue weighted by Gasteiger charge is 2.13. The summed E-state index contributed by atoms with van der Waals surface area (Å²) < 4.78 is 2.38. The molecule has 0 saturated carbocycles. The van der Waals surface area contributed by atoms with Crippen LogP contribution < -0.4 is 0 Å². The van der Waals surface area contributed by atoms with Gasteiger partial charge in [-0.3, -0.25) is 4.68 Å². The van der Waals surface area contributed by atoms with Crippen LogP contribution in [0.2, 0.25) is 0 Å². The summed E-state index contributed by atoms with van der Waals surface area (Å²) in [5.74, 6) is -0.925. The topological polar surface area (TPSA) is 58.4 Å². The lowest BCUT2D eigenvalue weighted by atomic mass is 10.4. The van der Waals surface area contributed by atoms with Crippen LogP contribution in [-0.4, -0.2) is 46.4 Å². The lowest BCUT2D eigenvalue weighted by Crippen LogP contribution is -2.19. The maximum atomic E-state index is 10.7. The highest BCUT2D eigenvalue weighted by atomic mass is 127. The summed E-state index contributed by atoms with van der Waals surface area (Å²) >= 11 is 2.00. The Morgan fingerprint density at radius 2 is 2.36 bits per heavy atom. The van der Waals surface area contributed by atoms with Crippen molar-refractivity contribution in [3.63, 3.8) is 0 Å². The summed E-state index contributed by atoms with van der Waals surface area (Å²) in [7, 11) is 3.93. The van der Waals surface area contributed by atoms with E-state index >= 15 is 0 Å². The lowest BCUT2D eigenvalue weighted by molar-refractivity contribution is 0.0695. The summed E-state index contributed by atoms with van der Waals surface area (Å²) in [5, 5.41) is 12.8. The first-order chi connectivity index (χ1) is 6.52. The molecule has 0 aromatic carbocycles. The highest BCUT2D eigenvalue weighted by molar-refractivity contribution is 14.1. The Hall–Kier alpha value is -0.630. The summed E-state index contributed by atoms with van der Waals surface area (Å²) in [6, 6.07) is 0. The van der Waals surface area contributed by atoms with Crippen molar-refractivity contribution in [2.45, 2.75) is 6.54 Å². The summed E-state index contributed by atoms with van der Waals surface area (Å²) in [6.07, 6.45) is 1.39. The van der Waals surface area contributed by atoms with E-state index in [9.17, 15) is 4.79 Å². The van der Waals surface area contributed by atoms with Gasteiger partial charge in [0.05, 0.1) is 12.7 Å². The normalized spacial score (nSPS) is 10.9. The Morgan fingerprint density at radius 3 is 2.79 bits per heavy atom. The van der Waals surface area contributed by atoms with E-state index in [1.807, 2.05) is 41.6 Å².